The fourth-order valence-corrected chi connectivity index (χ4v) is 2.42. The molecule has 3 rings (SSSR count). The second-order valence-corrected chi connectivity index (χ2v) is 5.64. The van der Waals surface area contributed by atoms with Gasteiger partial charge in [0.2, 0.25) is 0 Å². The molecule has 132 valence electrons. The third kappa shape index (κ3) is 4.07. The van der Waals surface area contributed by atoms with Crippen LogP contribution in [-0.2, 0) is 4.79 Å². The Labute approximate surface area is 150 Å². The average molecular weight is 349 g/mol. The summed E-state index contributed by atoms with van der Waals surface area (Å²) in [5, 5.41) is 9.87. The largest absolute Gasteiger partial charge is 0.376 e. The molecule has 0 aliphatic carbocycles. The topological polar surface area (TPSA) is 91.3 Å². The maximum absolute atomic E-state index is 12.5. The molecule has 3 aromatic rings. The molecule has 2 aromatic carbocycles. The number of para-hydroxylation sites is 2. The third-order valence-corrected chi connectivity index (χ3v) is 3.74. The predicted octanol–water partition coefficient (Wildman–Crippen LogP) is 2.04. The smallest absolute Gasteiger partial charge is 0.280 e. The maximum atomic E-state index is 12.5. The Morgan fingerprint density at radius 3 is 2.46 bits per heavy atom. The Bertz CT molecular complexity index is 959. The summed E-state index contributed by atoms with van der Waals surface area (Å²) >= 11 is 0. The Kier molecular flexibility index (Phi) is 5.28. The summed E-state index contributed by atoms with van der Waals surface area (Å²) in [7, 11) is 0. The van der Waals surface area contributed by atoms with Crippen LogP contribution in [0.4, 0.5) is 5.69 Å². The standard InChI is InChI=1S/C19H19N5O2/c1-14-17(19(26)24(23-14)16-10-6-3-7-11-16)12-21-22-18(25)13-20-15-8-4-2-5-9-15/h2-12,20,23H,13H2,1H3,(H,22,25)/b21-12+. The number of benzene rings is 2. The lowest BCUT2D eigenvalue weighted by Crippen LogP contribution is -2.26. The lowest BCUT2D eigenvalue weighted by atomic mass is 10.3. The predicted molar refractivity (Wildman–Crippen MR) is 102 cm³/mol. The number of rotatable bonds is 6. The Balaban J connectivity index is 1.63. The van der Waals surface area contributed by atoms with E-state index in [1.54, 1.807) is 6.92 Å². The number of hydrogen-bond donors (Lipinski definition) is 3. The van der Waals surface area contributed by atoms with Gasteiger partial charge in [0.15, 0.2) is 0 Å². The van der Waals surface area contributed by atoms with Gasteiger partial charge in [0.05, 0.1) is 24.0 Å². The molecule has 0 aliphatic rings. The van der Waals surface area contributed by atoms with Crippen LogP contribution in [0.25, 0.3) is 5.69 Å². The molecule has 0 radical (unpaired) electrons. The molecule has 7 heteroatoms. The number of hydrogen-bond acceptors (Lipinski definition) is 4. The van der Waals surface area contributed by atoms with Gasteiger partial charge in [0.25, 0.3) is 11.5 Å². The van der Waals surface area contributed by atoms with Crippen LogP contribution in [0.1, 0.15) is 11.3 Å². The van der Waals surface area contributed by atoms with Gasteiger partial charge in [-0.2, -0.15) is 5.10 Å². The molecule has 1 heterocycles. The molecule has 0 spiro atoms. The van der Waals surface area contributed by atoms with Crippen LogP contribution in [0.15, 0.2) is 70.6 Å². The number of hydrazone groups is 1. The maximum Gasteiger partial charge on any atom is 0.280 e. The van der Waals surface area contributed by atoms with E-state index in [2.05, 4.69) is 20.9 Å². The van der Waals surface area contributed by atoms with Crippen molar-refractivity contribution >= 4 is 17.8 Å². The molecule has 0 atom stereocenters. The molecule has 0 unspecified atom stereocenters. The first-order valence-corrected chi connectivity index (χ1v) is 8.13. The van der Waals surface area contributed by atoms with Crippen molar-refractivity contribution in [1.29, 1.82) is 0 Å². The van der Waals surface area contributed by atoms with Gasteiger partial charge < -0.3 is 5.32 Å². The van der Waals surface area contributed by atoms with E-state index in [0.29, 0.717) is 11.3 Å². The Morgan fingerprint density at radius 1 is 1.12 bits per heavy atom. The van der Waals surface area contributed by atoms with Crippen molar-refractivity contribution < 1.29 is 4.79 Å². The second kappa shape index (κ2) is 7.98. The number of anilines is 1. The summed E-state index contributed by atoms with van der Waals surface area (Å²) in [4.78, 5) is 24.3. The summed E-state index contributed by atoms with van der Waals surface area (Å²) in [6.45, 7) is 1.86. The quantitative estimate of drug-likeness (QED) is 0.470. The van der Waals surface area contributed by atoms with Crippen molar-refractivity contribution in [3.63, 3.8) is 0 Å². The van der Waals surface area contributed by atoms with E-state index in [-0.39, 0.29) is 18.0 Å². The number of carbonyl (C=O) groups excluding carboxylic acids is 1. The van der Waals surface area contributed by atoms with Crippen molar-refractivity contribution in [3.8, 4) is 5.69 Å². The molecule has 0 bridgehead atoms. The fourth-order valence-electron chi connectivity index (χ4n) is 2.42. The van der Waals surface area contributed by atoms with E-state index < -0.39 is 0 Å². The van der Waals surface area contributed by atoms with Crippen molar-refractivity contribution in [2.75, 3.05) is 11.9 Å². The summed E-state index contributed by atoms with van der Waals surface area (Å²) in [6, 6.07) is 18.6. The van der Waals surface area contributed by atoms with Crippen LogP contribution in [0.5, 0.6) is 0 Å². The average Bonchev–Trinajstić information content (AvgIpc) is 2.96. The molecule has 0 fully saturated rings. The molecular weight excluding hydrogens is 330 g/mol. The van der Waals surface area contributed by atoms with E-state index in [1.165, 1.54) is 10.9 Å². The van der Waals surface area contributed by atoms with Crippen LogP contribution in [0.2, 0.25) is 0 Å². The van der Waals surface area contributed by atoms with Crippen LogP contribution in [0, 0.1) is 6.92 Å². The van der Waals surface area contributed by atoms with E-state index >= 15 is 0 Å². The molecule has 0 aliphatic heterocycles. The number of H-pyrrole nitrogens is 1. The SMILES string of the molecule is Cc1[nH]n(-c2ccccc2)c(=O)c1/C=N/NC(=O)CNc1ccccc1. The number of carbonyl (C=O) groups is 1. The summed E-state index contributed by atoms with van der Waals surface area (Å²) < 4.78 is 1.44. The summed E-state index contributed by atoms with van der Waals surface area (Å²) in [6.07, 6.45) is 1.36. The first kappa shape index (κ1) is 17.2. The summed E-state index contributed by atoms with van der Waals surface area (Å²) in [5.74, 6) is -0.304. The Morgan fingerprint density at radius 2 is 1.77 bits per heavy atom. The molecule has 0 saturated heterocycles. The third-order valence-electron chi connectivity index (χ3n) is 3.74. The van der Waals surface area contributed by atoms with E-state index in [9.17, 15) is 9.59 Å². The number of aryl methyl sites for hydroxylation is 1. The molecular formula is C19H19N5O2. The monoisotopic (exact) mass is 349 g/mol. The van der Waals surface area contributed by atoms with Gasteiger partial charge in [-0.05, 0) is 31.2 Å². The van der Waals surface area contributed by atoms with Crippen molar-refractivity contribution in [3.05, 3.63) is 82.3 Å². The highest BCUT2D eigenvalue weighted by Crippen LogP contribution is 2.05. The number of aromatic amines is 1. The van der Waals surface area contributed by atoms with Gasteiger partial charge in [-0.25, -0.2) is 10.1 Å². The van der Waals surface area contributed by atoms with Gasteiger partial charge in [0.1, 0.15) is 0 Å². The summed E-state index contributed by atoms with van der Waals surface area (Å²) in [5.41, 5.74) is 4.82. The zero-order chi connectivity index (χ0) is 18.4. The first-order valence-electron chi connectivity index (χ1n) is 8.13. The number of nitrogens with zero attached hydrogens (tertiary/aromatic N) is 2. The lowest BCUT2D eigenvalue weighted by molar-refractivity contribution is -0.119. The van der Waals surface area contributed by atoms with Gasteiger partial charge in [0, 0.05) is 11.4 Å². The highest BCUT2D eigenvalue weighted by atomic mass is 16.2. The van der Waals surface area contributed by atoms with Gasteiger partial charge in [-0.3, -0.25) is 14.7 Å². The lowest BCUT2D eigenvalue weighted by Gasteiger charge is -2.04. The minimum Gasteiger partial charge on any atom is -0.376 e. The van der Waals surface area contributed by atoms with Crippen molar-refractivity contribution in [1.82, 2.24) is 15.2 Å². The van der Waals surface area contributed by atoms with Gasteiger partial charge in [-0.1, -0.05) is 36.4 Å². The highest BCUT2D eigenvalue weighted by Gasteiger charge is 2.10. The van der Waals surface area contributed by atoms with Gasteiger partial charge in [-0.15, -0.1) is 0 Å². The Hall–Kier alpha value is -3.61. The molecule has 3 N–H and O–H groups in total. The molecule has 7 nitrogen and oxygen atoms in total. The van der Waals surface area contributed by atoms with E-state index in [4.69, 9.17) is 0 Å². The van der Waals surface area contributed by atoms with Crippen molar-refractivity contribution in [2.24, 2.45) is 5.10 Å². The number of nitrogens with one attached hydrogen (secondary N) is 3. The van der Waals surface area contributed by atoms with Crippen LogP contribution >= 0.6 is 0 Å². The van der Waals surface area contributed by atoms with Crippen molar-refractivity contribution in [2.45, 2.75) is 6.92 Å². The molecule has 1 amide bonds. The van der Waals surface area contributed by atoms with E-state index in [1.807, 2.05) is 60.7 Å². The second-order valence-electron chi connectivity index (χ2n) is 5.64. The minimum atomic E-state index is -0.304. The zero-order valence-corrected chi connectivity index (χ0v) is 14.3. The highest BCUT2D eigenvalue weighted by molar-refractivity contribution is 5.84. The fraction of sp³-hybridized carbons (Fsp3) is 0.105. The molecule has 1 aromatic heterocycles. The number of aromatic nitrogens is 2. The van der Waals surface area contributed by atoms with Crippen LogP contribution in [0.3, 0.4) is 0 Å². The van der Waals surface area contributed by atoms with Crippen LogP contribution < -0.4 is 16.3 Å². The molecule has 26 heavy (non-hydrogen) atoms. The minimum absolute atomic E-state index is 0.0850. The number of amides is 1. The van der Waals surface area contributed by atoms with Crippen LogP contribution in [-0.4, -0.2) is 28.4 Å². The van der Waals surface area contributed by atoms with Gasteiger partial charge >= 0.3 is 0 Å². The first-order chi connectivity index (χ1) is 12.6. The molecule has 0 saturated carbocycles. The zero-order valence-electron chi connectivity index (χ0n) is 14.3. The van der Waals surface area contributed by atoms with E-state index in [0.717, 1.165) is 11.4 Å². The normalized spacial score (nSPS) is 10.8.